The molecule has 0 bridgehead atoms. The lowest BCUT2D eigenvalue weighted by Gasteiger charge is -2.13. The van der Waals surface area contributed by atoms with Crippen LogP contribution in [0.2, 0.25) is 0 Å². The van der Waals surface area contributed by atoms with Crippen LogP contribution in [0, 0.1) is 17.3 Å². The lowest BCUT2D eigenvalue weighted by molar-refractivity contribution is -0.125. The van der Waals surface area contributed by atoms with Crippen molar-refractivity contribution >= 4 is 23.5 Å². The van der Waals surface area contributed by atoms with Crippen molar-refractivity contribution in [1.29, 1.82) is 0 Å². The molecule has 1 aliphatic carbocycles. The van der Waals surface area contributed by atoms with E-state index in [0.29, 0.717) is 5.69 Å². The zero-order valence-corrected chi connectivity index (χ0v) is 15.6. The molecule has 26 heavy (non-hydrogen) atoms. The molecule has 0 unspecified atom stereocenters. The highest BCUT2D eigenvalue weighted by molar-refractivity contribution is 6.02. The molecule has 3 rings (SSSR count). The van der Waals surface area contributed by atoms with E-state index < -0.39 is 0 Å². The summed E-state index contributed by atoms with van der Waals surface area (Å²) in [6.45, 7) is 8.54. The van der Waals surface area contributed by atoms with Gasteiger partial charge in [-0.3, -0.25) is 14.5 Å². The summed E-state index contributed by atoms with van der Waals surface area (Å²) >= 11 is 0. The maximum atomic E-state index is 12.7. The molecule has 0 aromatic heterocycles. The number of hydrogen-bond donors (Lipinski definition) is 2. The Morgan fingerprint density at radius 2 is 2.08 bits per heavy atom. The van der Waals surface area contributed by atoms with E-state index in [1.807, 2.05) is 38.1 Å². The van der Waals surface area contributed by atoms with Crippen LogP contribution in [0.4, 0.5) is 10.5 Å². The lowest BCUT2D eigenvalue weighted by Crippen LogP contribution is -2.30. The van der Waals surface area contributed by atoms with Gasteiger partial charge >= 0.3 is 6.03 Å². The summed E-state index contributed by atoms with van der Waals surface area (Å²) in [5.41, 5.74) is 2.65. The van der Waals surface area contributed by atoms with Gasteiger partial charge < -0.3 is 10.6 Å². The molecule has 0 radical (unpaired) electrons. The Hall–Kier alpha value is -2.63. The number of anilines is 1. The fraction of sp³-hybridized carbons (Fsp3) is 0.450. The summed E-state index contributed by atoms with van der Waals surface area (Å²) in [5.74, 6) is -0.0352. The Morgan fingerprint density at radius 3 is 2.69 bits per heavy atom. The third-order valence-corrected chi connectivity index (χ3v) is 5.18. The Kier molecular flexibility index (Phi) is 4.61. The normalized spacial score (nSPS) is 23.5. The lowest BCUT2D eigenvalue weighted by atomic mass is 10.1. The van der Waals surface area contributed by atoms with E-state index >= 15 is 0 Å². The van der Waals surface area contributed by atoms with Gasteiger partial charge in [-0.25, -0.2) is 4.79 Å². The van der Waals surface area contributed by atoms with Crippen molar-refractivity contribution in [3.8, 4) is 0 Å². The van der Waals surface area contributed by atoms with E-state index in [4.69, 9.17) is 0 Å². The first-order chi connectivity index (χ1) is 12.2. The highest BCUT2D eigenvalue weighted by Crippen LogP contribution is 2.59. The first-order valence-corrected chi connectivity index (χ1v) is 8.83. The number of benzene rings is 1. The summed E-state index contributed by atoms with van der Waals surface area (Å²) in [6, 6.07) is 6.89. The molecule has 0 spiro atoms. The number of hydrogen-bond acceptors (Lipinski definition) is 3. The van der Waals surface area contributed by atoms with Crippen LogP contribution < -0.4 is 10.6 Å². The molecule has 1 aromatic rings. The van der Waals surface area contributed by atoms with Crippen LogP contribution in [-0.2, 0) is 16.1 Å². The van der Waals surface area contributed by atoms with Crippen LogP contribution in [0.25, 0.3) is 0 Å². The van der Waals surface area contributed by atoms with Crippen LogP contribution in [0.1, 0.15) is 33.3 Å². The van der Waals surface area contributed by atoms with E-state index in [-0.39, 0.29) is 48.2 Å². The molecule has 1 saturated heterocycles. The van der Waals surface area contributed by atoms with Crippen LogP contribution in [-0.4, -0.2) is 29.3 Å². The van der Waals surface area contributed by atoms with Crippen molar-refractivity contribution in [2.24, 2.45) is 17.3 Å². The standard InChI is InChI=1S/C20H25N3O3/c1-12(2)8-15-17(20(15,3)4)18(25)22-14-7-5-6-13(9-14)11-23-16(24)10-21-19(23)26/h5-9,15,17H,10-11H2,1-4H3,(H,21,26)(H,22,25)/t15-,17+/m0/s1. The summed E-state index contributed by atoms with van der Waals surface area (Å²) in [6.07, 6.45) is 2.16. The maximum Gasteiger partial charge on any atom is 0.324 e. The molecule has 2 fully saturated rings. The van der Waals surface area contributed by atoms with Crippen molar-refractivity contribution in [2.75, 3.05) is 11.9 Å². The zero-order chi connectivity index (χ0) is 19.1. The van der Waals surface area contributed by atoms with Crippen molar-refractivity contribution in [3.05, 3.63) is 41.5 Å². The molecule has 2 atom stereocenters. The number of carbonyl (C=O) groups is 3. The minimum atomic E-state index is -0.381. The largest absolute Gasteiger partial charge is 0.329 e. The maximum absolute atomic E-state index is 12.7. The smallest absolute Gasteiger partial charge is 0.324 e. The van der Waals surface area contributed by atoms with Gasteiger partial charge in [0.15, 0.2) is 0 Å². The summed E-state index contributed by atoms with van der Waals surface area (Å²) in [7, 11) is 0. The number of urea groups is 1. The van der Waals surface area contributed by atoms with Crippen LogP contribution >= 0.6 is 0 Å². The number of allylic oxidation sites excluding steroid dienone is 2. The SMILES string of the molecule is CC(C)=C[C@H]1[C@H](C(=O)Nc2cccc(CN3C(=O)CNC3=O)c2)C1(C)C. The van der Waals surface area contributed by atoms with Crippen molar-refractivity contribution in [3.63, 3.8) is 0 Å². The first-order valence-electron chi connectivity index (χ1n) is 8.83. The summed E-state index contributed by atoms with van der Waals surface area (Å²) < 4.78 is 0. The Balaban J connectivity index is 1.68. The number of carbonyl (C=O) groups excluding carboxylic acids is 3. The van der Waals surface area contributed by atoms with Gasteiger partial charge in [0.25, 0.3) is 0 Å². The fourth-order valence-corrected chi connectivity index (χ4v) is 3.61. The second-order valence-electron chi connectivity index (χ2n) is 7.90. The predicted molar refractivity (Wildman–Crippen MR) is 99.2 cm³/mol. The first kappa shape index (κ1) is 18.2. The van der Waals surface area contributed by atoms with Gasteiger partial charge in [-0.2, -0.15) is 0 Å². The number of nitrogens with zero attached hydrogens (tertiary/aromatic N) is 1. The van der Waals surface area contributed by atoms with E-state index in [1.54, 1.807) is 0 Å². The average Bonchev–Trinajstić information content (AvgIpc) is 2.94. The van der Waals surface area contributed by atoms with Crippen molar-refractivity contribution in [1.82, 2.24) is 10.2 Å². The highest BCUT2D eigenvalue weighted by atomic mass is 16.2. The van der Waals surface area contributed by atoms with Crippen LogP contribution in [0.5, 0.6) is 0 Å². The van der Waals surface area contributed by atoms with Crippen LogP contribution in [0.15, 0.2) is 35.9 Å². The average molecular weight is 355 g/mol. The van der Waals surface area contributed by atoms with E-state index in [1.165, 1.54) is 10.5 Å². The van der Waals surface area contributed by atoms with Gasteiger partial charge in [0, 0.05) is 5.69 Å². The Bertz CT molecular complexity index is 777. The summed E-state index contributed by atoms with van der Waals surface area (Å²) in [5, 5.41) is 5.48. The minimum Gasteiger partial charge on any atom is -0.329 e. The zero-order valence-electron chi connectivity index (χ0n) is 15.6. The van der Waals surface area contributed by atoms with Crippen molar-refractivity contribution < 1.29 is 14.4 Å². The minimum absolute atomic E-state index is 0.00430. The second-order valence-corrected chi connectivity index (χ2v) is 7.90. The third-order valence-electron chi connectivity index (χ3n) is 5.18. The molecule has 2 aliphatic rings. The molecule has 138 valence electrons. The highest BCUT2D eigenvalue weighted by Gasteiger charge is 2.60. The quantitative estimate of drug-likeness (QED) is 0.630. The molecule has 1 saturated carbocycles. The molecular weight excluding hydrogens is 330 g/mol. The monoisotopic (exact) mass is 355 g/mol. The summed E-state index contributed by atoms with van der Waals surface area (Å²) in [4.78, 5) is 37.2. The topological polar surface area (TPSA) is 78.5 Å². The number of amides is 4. The van der Waals surface area contributed by atoms with Crippen molar-refractivity contribution in [2.45, 2.75) is 34.2 Å². The van der Waals surface area contributed by atoms with E-state index in [0.717, 1.165) is 5.56 Å². The third kappa shape index (κ3) is 3.49. The molecular formula is C20H25N3O3. The molecule has 1 aliphatic heterocycles. The molecule has 2 N–H and O–H groups in total. The molecule has 1 heterocycles. The van der Waals surface area contributed by atoms with Crippen LogP contribution in [0.3, 0.4) is 0 Å². The van der Waals surface area contributed by atoms with E-state index in [2.05, 4.69) is 30.6 Å². The van der Waals surface area contributed by atoms with Gasteiger partial charge in [0.2, 0.25) is 11.8 Å². The Labute approximate surface area is 153 Å². The fourth-order valence-electron chi connectivity index (χ4n) is 3.61. The van der Waals surface area contributed by atoms with Gasteiger partial charge in [-0.05, 0) is 42.9 Å². The second kappa shape index (κ2) is 6.59. The molecule has 6 heteroatoms. The number of nitrogens with one attached hydrogen (secondary N) is 2. The molecule has 1 aromatic carbocycles. The molecule has 4 amide bonds. The molecule has 6 nitrogen and oxygen atoms in total. The predicted octanol–water partition coefficient (Wildman–Crippen LogP) is 2.92. The van der Waals surface area contributed by atoms with Gasteiger partial charge in [-0.15, -0.1) is 0 Å². The Morgan fingerprint density at radius 1 is 1.35 bits per heavy atom. The number of rotatable bonds is 5. The van der Waals surface area contributed by atoms with E-state index in [9.17, 15) is 14.4 Å². The van der Waals surface area contributed by atoms with Gasteiger partial charge in [0.05, 0.1) is 19.0 Å². The van der Waals surface area contributed by atoms with Gasteiger partial charge in [-0.1, -0.05) is 37.6 Å². The number of imide groups is 1. The van der Waals surface area contributed by atoms with Gasteiger partial charge in [0.1, 0.15) is 0 Å².